The van der Waals surface area contributed by atoms with Crippen LogP contribution in [0.3, 0.4) is 0 Å². The zero-order chi connectivity index (χ0) is 34.0. The van der Waals surface area contributed by atoms with Crippen LogP contribution >= 0.6 is 7.60 Å². The highest BCUT2D eigenvalue weighted by molar-refractivity contribution is 7.52. The van der Waals surface area contributed by atoms with E-state index in [0.717, 1.165) is 40.5 Å². The second kappa shape index (κ2) is 13.2. The number of nitrogens with one attached hydrogen (secondary N) is 1. The zero-order valence-electron chi connectivity index (χ0n) is 25.7. The Balaban J connectivity index is 1.33. The maximum Gasteiger partial charge on any atom is 0.407 e. The van der Waals surface area contributed by atoms with Crippen molar-refractivity contribution in [1.29, 1.82) is 0 Å². The Bertz CT molecular complexity index is 1860. The van der Waals surface area contributed by atoms with Gasteiger partial charge in [-0.1, -0.05) is 54.6 Å². The van der Waals surface area contributed by atoms with E-state index >= 15 is 0 Å². The first kappa shape index (κ1) is 33.6. The third-order valence-corrected chi connectivity index (χ3v) is 8.28. The number of ether oxygens (including phenoxy) is 2. The minimum Gasteiger partial charge on any atom is -0.456 e. The highest BCUT2D eigenvalue weighted by Gasteiger charge is 2.51. The molecule has 0 saturated heterocycles. The van der Waals surface area contributed by atoms with Crippen LogP contribution in [0.5, 0.6) is 0 Å². The molecule has 0 atom stereocenters. The van der Waals surface area contributed by atoms with Crippen LogP contribution in [0.4, 0.5) is 25.0 Å². The van der Waals surface area contributed by atoms with Gasteiger partial charge in [0.25, 0.3) is 0 Å². The standard InChI is InChI=1S/C34H32F2N3O7P/c1-33(2,3)46-31(40)21-9-8-10-23(17-21)38-39-24-15-16-30(34(35,36)47(42,43)44)22(18-24)19-37-32(41)45-20-29-27-13-6-4-11-25(27)26-12-5-7-14-28(26)29/h4-18,29H,19-20H2,1-3H3,(H,37,41)(H2,42,43,44). The van der Waals surface area contributed by atoms with E-state index in [0.29, 0.717) is 0 Å². The predicted octanol–water partition coefficient (Wildman–Crippen LogP) is 8.32. The van der Waals surface area contributed by atoms with Gasteiger partial charge in [0.05, 0.1) is 16.9 Å². The van der Waals surface area contributed by atoms with Crippen molar-refractivity contribution in [3.8, 4) is 11.1 Å². The predicted molar refractivity (Wildman–Crippen MR) is 170 cm³/mol. The lowest BCUT2D eigenvalue weighted by molar-refractivity contribution is 0.00693. The molecule has 5 rings (SSSR count). The van der Waals surface area contributed by atoms with Gasteiger partial charge in [-0.05, 0) is 85.0 Å². The van der Waals surface area contributed by atoms with Gasteiger partial charge in [-0.25, -0.2) is 9.59 Å². The van der Waals surface area contributed by atoms with Crippen LogP contribution in [0.2, 0.25) is 0 Å². The van der Waals surface area contributed by atoms with Gasteiger partial charge in [0.15, 0.2) is 0 Å². The van der Waals surface area contributed by atoms with E-state index in [2.05, 4.69) is 15.5 Å². The second-order valence-corrected chi connectivity index (χ2v) is 13.5. The second-order valence-electron chi connectivity index (χ2n) is 11.9. The van der Waals surface area contributed by atoms with E-state index in [4.69, 9.17) is 9.47 Å². The molecule has 0 aliphatic heterocycles. The summed E-state index contributed by atoms with van der Waals surface area (Å²) in [5, 5.41) is 10.5. The summed E-state index contributed by atoms with van der Waals surface area (Å²) in [4.78, 5) is 44.0. The molecule has 1 amide bonds. The maximum absolute atomic E-state index is 14.9. The van der Waals surface area contributed by atoms with Crippen LogP contribution in [-0.2, 0) is 26.2 Å². The largest absolute Gasteiger partial charge is 0.456 e. The summed E-state index contributed by atoms with van der Waals surface area (Å²) >= 11 is 0. The van der Waals surface area contributed by atoms with Crippen LogP contribution < -0.4 is 5.32 Å². The lowest BCUT2D eigenvalue weighted by atomic mass is 9.98. The molecule has 0 radical (unpaired) electrons. The summed E-state index contributed by atoms with van der Waals surface area (Å²) in [6.45, 7) is 4.61. The van der Waals surface area contributed by atoms with Gasteiger partial charge in [0.1, 0.15) is 12.2 Å². The number of hydrogen-bond donors (Lipinski definition) is 3. The van der Waals surface area contributed by atoms with Gasteiger partial charge in [-0.15, -0.1) is 0 Å². The number of azo groups is 1. The Kier molecular flexibility index (Phi) is 9.40. The topological polar surface area (TPSA) is 147 Å². The Labute approximate surface area is 269 Å². The normalized spacial score (nSPS) is 13.3. The molecule has 0 spiro atoms. The van der Waals surface area contributed by atoms with E-state index < -0.39 is 43.0 Å². The van der Waals surface area contributed by atoms with E-state index in [-0.39, 0.29) is 35.0 Å². The first-order chi connectivity index (χ1) is 22.1. The smallest absolute Gasteiger partial charge is 0.407 e. The van der Waals surface area contributed by atoms with Gasteiger partial charge in [0, 0.05) is 18.0 Å². The number of halogens is 2. The van der Waals surface area contributed by atoms with Crippen molar-refractivity contribution in [2.75, 3.05) is 6.61 Å². The molecule has 0 bridgehead atoms. The molecule has 1 aliphatic rings. The summed E-state index contributed by atoms with van der Waals surface area (Å²) in [7, 11) is -5.94. The molecule has 0 heterocycles. The molecule has 0 aromatic heterocycles. The number of hydrogen-bond acceptors (Lipinski definition) is 7. The number of alkyl carbamates (subject to hydrolysis) is 1. The van der Waals surface area contributed by atoms with Crippen molar-refractivity contribution in [2.24, 2.45) is 10.2 Å². The van der Waals surface area contributed by atoms with Crippen LogP contribution in [0, 0.1) is 0 Å². The fourth-order valence-electron chi connectivity index (χ4n) is 5.20. The van der Waals surface area contributed by atoms with Gasteiger partial charge >= 0.3 is 25.3 Å². The van der Waals surface area contributed by atoms with Crippen LogP contribution in [0.1, 0.15) is 59.3 Å². The molecule has 0 fully saturated rings. The third-order valence-electron chi connectivity index (χ3n) is 7.31. The van der Waals surface area contributed by atoms with Gasteiger partial charge in [-0.2, -0.15) is 19.0 Å². The fraction of sp³-hybridized carbons (Fsp3) is 0.235. The highest BCUT2D eigenvalue weighted by atomic mass is 31.2. The molecular weight excluding hydrogens is 631 g/mol. The third kappa shape index (κ3) is 7.62. The summed E-state index contributed by atoms with van der Waals surface area (Å²) < 4.78 is 52.4. The number of nitrogens with zero attached hydrogens (tertiary/aromatic N) is 2. The fourth-order valence-corrected chi connectivity index (χ4v) is 5.74. The number of fused-ring (bicyclic) bond motifs is 3. The lowest BCUT2D eigenvalue weighted by Crippen LogP contribution is -2.27. The SMILES string of the molecule is CC(C)(C)OC(=O)c1cccc(N=Nc2ccc(C(F)(F)P(=O)(O)O)c(CNC(=O)OCC3c4ccccc4-c4ccccc43)c2)c1. The zero-order valence-corrected chi connectivity index (χ0v) is 26.6. The monoisotopic (exact) mass is 663 g/mol. The highest BCUT2D eigenvalue weighted by Crippen LogP contribution is 2.60. The Morgan fingerprint density at radius 2 is 1.45 bits per heavy atom. The van der Waals surface area contributed by atoms with Crippen molar-refractivity contribution < 1.29 is 42.2 Å². The molecule has 4 aromatic rings. The Morgan fingerprint density at radius 1 is 0.851 bits per heavy atom. The van der Waals surface area contributed by atoms with Crippen molar-refractivity contribution in [1.82, 2.24) is 5.32 Å². The lowest BCUT2D eigenvalue weighted by Gasteiger charge is -2.21. The summed E-state index contributed by atoms with van der Waals surface area (Å²) in [5.74, 6) is -0.805. The number of alkyl halides is 2. The Hall–Kier alpha value is -4.77. The number of carbonyl (C=O) groups is 2. The first-order valence-corrected chi connectivity index (χ1v) is 16.2. The van der Waals surface area contributed by atoms with Crippen LogP contribution in [0.15, 0.2) is 101 Å². The van der Waals surface area contributed by atoms with E-state index in [9.17, 15) is 32.7 Å². The minimum atomic E-state index is -5.94. The molecule has 3 N–H and O–H groups in total. The van der Waals surface area contributed by atoms with Crippen molar-refractivity contribution in [3.05, 3.63) is 119 Å². The number of benzene rings is 4. The molecule has 0 saturated carbocycles. The Morgan fingerprint density at radius 3 is 2.04 bits per heavy atom. The molecule has 47 heavy (non-hydrogen) atoms. The van der Waals surface area contributed by atoms with Crippen LogP contribution in [-0.4, -0.2) is 34.1 Å². The number of esters is 1. The summed E-state index contributed by atoms with van der Waals surface area (Å²) in [6, 6.07) is 24.7. The van der Waals surface area contributed by atoms with Gasteiger partial charge < -0.3 is 24.6 Å². The van der Waals surface area contributed by atoms with Gasteiger partial charge in [-0.3, -0.25) is 4.57 Å². The van der Waals surface area contributed by atoms with Crippen molar-refractivity contribution in [2.45, 2.75) is 44.5 Å². The van der Waals surface area contributed by atoms with E-state index in [1.54, 1.807) is 39.0 Å². The molecule has 244 valence electrons. The van der Waals surface area contributed by atoms with Crippen molar-refractivity contribution in [3.63, 3.8) is 0 Å². The van der Waals surface area contributed by atoms with Crippen molar-refractivity contribution >= 4 is 31.0 Å². The maximum atomic E-state index is 14.9. The average molecular weight is 664 g/mol. The van der Waals surface area contributed by atoms with E-state index in [1.807, 2.05) is 48.5 Å². The summed E-state index contributed by atoms with van der Waals surface area (Å²) in [5.41, 5.74) is -2.01. The average Bonchev–Trinajstić information content (AvgIpc) is 3.34. The molecule has 13 heteroatoms. The number of rotatable bonds is 9. The molecular formula is C34H32F2N3O7P. The first-order valence-electron chi connectivity index (χ1n) is 14.5. The molecule has 4 aromatic carbocycles. The quantitative estimate of drug-likeness (QED) is 0.0927. The van der Waals surface area contributed by atoms with E-state index in [1.165, 1.54) is 6.07 Å². The number of amides is 1. The molecule has 1 aliphatic carbocycles. The molecule has 0 unspecified atom stereocenters. The molecule has 10 nitrogen and oxygen atoms in total. The minimum absolute atomic E-state index is 0.0258. The van der Waals surface area contributed by atoms with Crippen LogP contribution in [0.25, 0.3) is 11.1 Å². The number of carbonyl (C=O) groups excluding carboxylic acids is 2. The summed E-state index contributed by atoms with van der Waals surface area (Å²) in [6.07, 6.45) is -0.914. The van der Waals surface area contributed by atoms with Gasteiger partial charge in [0.2, 0.25) is 0 Å².